The van der Waals surface area contributed by atoms with Gasteiger partial charge in [0.25, 0.3) is 0 Å². The summed E-state index contributed by atoms with van der Waals surface area (Å²) in [7, 11) is -2.36. The van der Waals surface area contributed by atoms with E-state index in [1.54, 1.807) is 0 Å². The molecule has 0 aliphatic heterocycles. The molecule has 0 saturated heterocycles. The summed E-state index contributed by atoms with van der Waals surface area (Å²) in [5.41, 5.74) is 6.45. The Morgan fingerprint density at radius 1 is 0.469 bits per heavy atom. The molecule has 2 unspecified atom stereocenters. The van der Waals surface area contributed by atoms with Crippen molar-refractivity contribution in [3.63, 3.8) is 0 Å². The van der Waals surface area contributed by atoms with Gasteiger partial charge in [-0.2, -0.15) is 0 Å². The molecule has 0 amide bonds. The van der Waals surface area contributed by atoms with E-state index < -0.39 is 8.07 Å². The fourth-order valence-electron chi connectivity index (χ4n) is 5.80. The average molecular weight is 421 g/mol. The molecule has 2 aliphatic rings. The van der Waals surface area contributed by atoms with Crippen molar-refractivity contribution in [2.45, 2.75) is 11.1 Å². The maximum atomic E-state index is 2.49. The molecular formula is C30H25LiSi. The van der Waals surface area contributed by atoms with Crippen LogP contribution in [0.3, 0.4) is 0 Å². The van der Waals surface area contributed by atoms with Crippen LogP contribution in [-0.4, -0.2) is 8.07 Å². The minimum Gasteiger partial charge on any atom is -1.00 e. The van der Waals surface area contributed by atoms with E-state index >= 15 is 0 Å². The molecule has 0 bridgehead atoms. The Bertz CT molecular complexity index is 1190. The Kier molecular flexibility index (Phi) is 5.66. The zero-order valence-electron chi connectivity index (χ0n) is 19.4. The quantitative estimate of drug-likeness (QED) is 0.445. The summed E-state index contributed by atoms with van der Waals surface area (Å²) < 4.78 is 0. The van der Waals surface area contributed by atoms with Crippen molar-refractivity contribution in [1.29, 1.82) is 0 Å². The predicted molar refractivity (Wildman–Crippen MR) is 135 cm³/mol. The van der Waals surface area contributed by atoms with E-state index in [0.717, 1.165) is 0 Å². The molecule has 2 atom stereocenters. The van der Waals surface area contributed by atoms with Crippen LogP contribution in [-0.2, 0) is 0 Å². The van der Waals surface area contributed by atoms with Crippen LogP contribution < -0.4 is 29.2 Å². The van der Waals surface area contributed by atoms with E-state index in [2.05, 4.69) is 133 Å². The molecular weight excluding hydrogens is 395 g/mol. The molecule has 4 aromatic rings. The predicted octanol–water partition coefficient (Wildman–Crippen LogP) is 3.07. The first-order chi connectivity index (χ1) is 15.4. The fourth-order valence-corrected chi connectivity index (χ4v) is 11.8. The van der Waals surface area contributed by atoms with Gasteiger partial charge in [-0.1, -0.05) is 144 Å². The molecule has 4 aromatic carbocycles. The molecule has 150 valence electrons. The zero-order chi connectivity index (χ0) is 20.7. The second kappa shape index (κ2) is 8.60. The summed E-state index contributed by atoms with van der Waals surface area (Å²) in [5.74, 6) is 0. The number of hydrogen-bond acceptors (Lipinski definition) is 0. The van der Waals surface area contributed by atoms with Crippen LogP contribution in [0.1, 0.15) is 34.8 Å². The number of fused-ring (bicyclic) bond motifs is 2. The van der Waals surface area contributed by atoms with Crippen LogP contribution in [0.4, 0.5) is 0 Å². The number of allylic oxidation sites excluding steroid dienone is 2. The molecule has 0 saturated carbocycles. The van der Waals surface area contributed by atoms with Gasteiger partial charge >= 0.3 is 18.9 Å². The van der Waals surface area contributed by atoms with Crippen LogP contribution in [0.15, 0.2) is 121 Å². The van der Waals surface area contributed by atoms with Crippen LogP contribution in [0.2, 0.25) is 0 Å². The second-order valence-electron chi connectivity index (χ2n) is 8.53. The summed E-state index contributed by atoms with van der Waals surface area (Å²) in [5, 5.41) is 3.00. The molecule has 2 aliphatic carbocycles. The molecule has 0 heterocycles. The van der Waals surface area contributed by atoms with Gasteiger partial charge in [0.2, 0.25) is 0 Å². The van der Waals surface area contributed by atoms with Crippen LogP contribution in [0.5, 0.6) is 0 Å². The number of benzene rings is 4. The average Bonchev–Trinajstić information content (AvgIpc) is 3.47. The van der Waals surface area contributed by atoms with E-state index in [1.165, 1.54) is 32.6 Å². The minimum atomic E-state index is -2.36. The molecule has 0 aromatic heterocycles. The van der Waals surface area contributed by atoms with E-state index in [0.29, 0.717) is 11.1 Å². The molecule has 0 N–H and O–H groups in total. The standard InChI is InChI=1S/C30H24Si.Li.H/c1-3-13-25(14-4-1)31(26-15-5-2-6-16-26,29-21-19-23-11-7-9-17-27(23)29)30-22-20-24-12-8-10-18-28(24)30;;/h1-22,29-30H;;/q;+1;-1. The van der Waals surface area contributed by atoms with Crippen molar-refractivity contribution in [3.05, 3.63) is 144 Å². The maximum Gasteiger partial charge on any atom is 1.00 e. The smallest absolute Gasteiger partial charge is 1.00 e. The molecule has 0 fully saturated rings. The normalized spacial score (nSPS) is 18.1. The van der Waals surface area contributed by atoms with Crippen molar-refractivity contribution < 1.29 is 20.3 Å². The van der Waals surface area contributed by atoms with E-state index in [9.17, 15) is 0 Å². The summed E-state index contributed by atoms with van der Waals surface area (Å²) in [6.07, 6.45) is 9.67. The fraction of sp³-hybridized carbons (Fsp3) is 0.0667. The molecule has 32 heavy (non-hydrogen) atoms. The van der Waals surface area contributed by atoms with Gasteiger partial charge < -0.3 is 1.43 Å². The zero-order valence-corrected chi connectivity index (χ0v) is 19.4. The number of hydrogen-bond donors (Lipinski definition) is 0. The van der Waals surface area contributed by atoms with Gasteiger partial charge in [-0.3, -0.25) is 0 Å². The van der Waals surface area contributed by atoms with Crippen LogP contribution in [0, 0.1) is 0 Å². The maximum absolute atomic E-state index is 2.49. The van der Waals surface area contributed by atoms with Gasteiger partial charge in [-0.05, 0) is 22.3 Å². The van der Waals surface area contributed by atoms with Gasteiger partial charge in [0, 0.05) is 11.1 Å². The Labute approximate surface area is 205 Å². The van der Waals surface area contributed by atoms with Gasteiger partial charge in [0.1, 0.15) is 8.07 Å². The Morgan fingerprint density at radius 3 is 1.28 bits per heavy atom. The van der Waals surface area contributed by atoms with Crippen LogP contribution in [0.25, 0.3) is 12.2 Å². The van der Waals surface area contributed by atoms with Gasteiger partial charge in [-0.15, -0.1) is 0 Å². The van der Waals surface area contributed by atoms with Crippen molar-refractivity contribution in [2.75, 3.05) is 0 Å². The van der Waals surface area contributed by atoms with Crippen molar-refractivity contribution in [2.24, 2.45) is 0 Å². The first kappa shape index (κ1) is 21.0. The van der Waals surface area contributed by atoms with E-state index in [1.807, 2.05) is 0 Å². The largest absolute Gasteiger partial charge is 1.00 e. The summed E-state index contributed by atoms with van der Waals surface area (Å²) in [4.78, 5) is 0. The molecule has 6 rings (SSSR count). The topological polar surface area (TPSA) is 0 Å². The molecule has 0 nitrogen and oxygen atoms in total. The first-order valence-corrected chi connectivity index (χ1v) is 13.2. The van der Waals surface area contributed by atoms with E-state index in [-0.39, 0.29) is 20.3 Å². The number of rotatable bonds is 4. The van der Waals surface area contributed by atoms with Gasteiger partial charge in [-0.25, -0.2) is 0 Å². The molecule has 0 radical (unpaired) electrons. The van der Waals surface area contributed by atoms with Crippen molar-refractivity contribution >= 4 is 30.6 Å². The van der Waals surface area contributed by atoms with E-state index in [4.69, 9.17) is 0 Å². The van der Waals surface area contributed by atoms with Crippen molar-refractivity contribution in [3.8, 4) is 0 Å². The Balaban J connectivity index is 0.00000130. The summed E-state index contributed by atoms with van der Waals surface area (Å²) in [6, 6.07) is 40.6. The molecule has 2 heteroatoms. The minimum absolute atomic E-state index is 0. The third-order valence-electron chi connectivity index (χ3n) is 7.08. The second-order valence-corrected chi connectivity index (χ2v) is 12.7. The van der Waals surface area contributed by atoms with Crippen LogP contribution >= 0.6 is 0 Å². The summed E-state index contributed by atoms with van der Waals surface area (Å²) in [6.45, 7) is 0. The van der Waals surface area contributed by atoms with Gasteiger partial charge in [0.05, 0.1) is 0 Å². The third kappa shape index (κ3) is 3.13. The SMILES string of the molecule is C1=CC([Si](c2ccccc2)(c2ccccc2)C2C=Cc3ccccc32)c2ccccc21.[H-].[Li+]. The summed E-state index contributed by atoms with van der Waals surface area (Å²) >= 11 is 0. The molecule has 0 spiro atoms. The van der Waals surface area contributed by atoms with Gasteiger partial charge in [0.15, 0.2) is 0 Å². The van der Waals surface area contributed by atoms with Crippen molar-refractivity contribution in [1.82, 2.24) is 0 Å². The Morgan fingerprint density at radius 2 is 0.844 bits per heavy atom. The third-order valence-corrected chi connectivity index (χ3v) is 12.6. The monoisotopic (exact) mass is 420 g/mol. The Hall–Kier alpha value is -2.83. The first-order valence-electron chi connectivity index (χ1n) is 11.0.